The van der Waals surface area contributed by atoms with Crippen molar-refractivity contribution < 1.29 is 9.53 Å². The number of carbonyl (C=O) groups excluding carboxylic acids is 1. The van der Waals surface area contributed by atoms with Crippen LogP contribution in [0.1, 0.15) is 16.9 Å². The molecule has 0 aliphatic carbocycles. The molecule has 0 radical (unpaired) electrons. The highest BCUT2D eigenvalue weighted by Gasteiger charge is 2.11. The highest BCUT2D eigenvalue weighted by molar-refractivity contribution is 7.19. The zero-order chi connectivity index (χ0) is 15.2. The first kappa shape index (κ1) is 15.7. The van der Waals surface area contributed by atoms with E-state index < -0.39 is 5.69 Å². The SMILES string of the molecule is COCCCNC(=O)c1cc(-c2ccc(Cl)s2)[nH]c(=O)n1. The van der Waals surface area contributed by atoms with Crippen molar-refractivity contribution >= 4 is 28.8 Å². The fraction of sp³-hybridized carbons (Fsp3) is 0.308. The second-order valence-corrected chi connectivity index (χ2v) is 5.91. The van der Waals surface area contributed by atoms with Crippen LogP contribution in [0.15, 0.2) is 23.0 Å². The lowest BCUT2D eigenvalue weighted by Crippen LogP contribution is -2.28. The van der Waals surface area contributed by atoms with E-state index in [0.717, 1.165) is 4.88 Å². The van der Waals surface area contributed by atoms with Crippen molar-refractivity contribution in [3.63, 3.8) is 0 Å². The van der Waals surface area contributed by atoms with Gasteiger partial charge >= 0.3 is 5.69 Å². The lowest BCUT2D eigenvalue weighted by molar-refractivity contribution is 0.0943. The summed E-state index contributed by atoms with van der Waals surface area (Å²) in [6.45, 7) is 1.02. The van der Waals surface area contributed by atoms with Gasteiger partial charge < -0.3 is 15.0 Å². The third-order valence-electron chi connectivity index (χ3n) is 2.63. The molecule has 2 aromatic heterocycles. The van der Waals surface area contributed by atoms with Gasteiger partial charge in [0, 0.05) is 20.3 Å². The van der Waals surface area contributed by atoms with Gasteiger partial charge in [0.15, 0.2) is 0 Å². The molecule has 2 aromatic rings. The number of thiophene rings is 1. The van der Waals surface area contributed by atoms with E-state index in [1.54, 1.807) is 19.2 Å². The number of hydrogen-bond acceptors (Lipinski definition) is 5. The normalized spacial score (nSPS) is 10.6. The van der Waals surface area contributed by atoms with Crippen LogP contribution in [0.2, 0.25) is 4.34 Å². The molecule has 0 fully saturated rings. The summed E-state index contributed by atoms with van der Waals surface area (Å²) in [7, 11) is 1.60. The molecule has 2 N–H and O–H groups in total. The molecule has 112 valence electrons. The van der Waals surface area contributed by atoms with Gasteiger partial charge in [0.2, 0.25) is 0 Å². The van der Waals surface area contributed by atoms with Crippen molar-refractivity contribution in [2.24, 2.45) is 0 Å². The number of H-pyrrole nitrogens is 1. The Kier molecular flexibility index (Phi) is 5.49. The van der Waals surface area contributed by atoms with Crippen LogP contribution in [0.5, 0.6) is 0 Å². The second-order valence-electron chi connectivity index (χ2n) is 4.19. The molecule has 2 rings (SSSR count). The number of hydrogen-bond donors (Lipinski definition) is 2. The van der Waals surface area contributed by atoms with E-state index in [-0.39, 0.29) is 11.6 Å². The van der Waals surface area contributed by atoms with E-state index in [9.17, 15) is 9.59 Å². The van der Waals surface area contributed by atoms with Gasteiger partial charge in [0.1, 0.15) is 5.69 Å². The van der Waals surface area contributed by atoms with E-state index in [0.29, 0.717) is 29.6 Å². The zero-order valence-corrected chi connectivity index (χ0v) is 12.9. The van der Waals surface area contributed by atoms with Crippen molar-refractivity contribution in [3.05, 3.63) is 38.7 Å². The number of aromatic amines is 1. The van der Waals surface area contributed by atoms with E-state index in [2.05, 4.69) is 15.3 Å². The first-order valence-electron chi connectivity index (χ1n) is 6.24. The Morgan fingerprint density at radius 3 is 3.00 bits per heavy atom. The Hall–Kier alpha value is -1.70. The largest absolute Gasteiger partial charge is 0.385 e. The number of aromatic nitrogens is 2. The molecule has 0 aliphatic rings. The maximum absolute atomic E-state index is 12.0. The lowest BCUT2D eigenvalue weighted by atomic mass is 10.2. The third-order valence-corrected chi connectivity index (χ3v) is 3.89. The van der Waals surface area contributed by atoms with Gasteiger partial charge in [-0.15, -0.1) is 11.3 Å². The fourth-order valence-corrected chi connectivity index (χ4v) is 2.69. The van der Waals surface area contributed by atoms with Crippen LogP contribution in [0, 0.1) is 0 Å². The van der Waals surface area contributed by atoms with Crippen LogP contribution < -0.4 is 11.0 Å². The third kappa shape index (κ3) is 4.38. The molecule has 0 atom stereocenters. The number of amides is 1. The van der Waals surface area contributed by atoms with Gasteiger partial charge in [-0.3, -0.25) is 4.79 Å². The molecule has 0 unspecified atom stereocenters. The predicted octanol–water partition coefficient (Wildman–Crippen LogP) is 1.92. The van der Waals surface area contributed by atoms with Gasteiger partial charge in [0.25, 0.3) is 5.91 Å². The molecule has 0 aliphatic heterocycles. The molecule has 1 amide bonds. The first-order valence-corrected chi connectivity index (χ1v) is 7.44. The van der Waals surface area contributed by atoms with E-state index in [1.807, 2.05) is 0 Å². The number of carbonyl (C=O) groups is 1. The quantitative estimate of drug-likeness (QED) is 0.794. The molecule has 0 saturated heterocycles. The molecule has 6 nitrogen and oxygen atoms in total. The molecule has 0 bridgehead atoms. The van der Waals surface area contributed by atoms with Gasteiger partial charge in [-0.05, 0) is 24.6 Å². The van der Waals surface area contributed by atoms with Crippen molar-refractivity contribution in [2.45, 2.75) is 6.42 Å². The van der Waals surface area contributed by atoms with Crippen molar-refractivity contribution in [1.29, 1.82) is 0 Å². The summed E-state index contributed by atoms with van der Waals surface area (Å²) in [5.41, 5.74) is 0.0312. The predicted molar refractivity (Wildman–Crippen MR) is 82.0 cm³/mol. The number of rotatable bonds is 6. The summed E-state index contributed by atoms with van der Waals surface area (Å²) >= 11 is 7.18. The topological polar surface area (TPSA) is 84.1 Å². The van der Waals surface area contributed by atoms with Crippen LogP contribution >= 0.6 is 22.9 Å². The Bertz CT molecular complexity index is 683. The van der Waals surface area contributed by atoms with Crippen molar-refractivity contribution in [3.8, 4) is 10.6 Å². The van der Waals surface area contributed by atoms with E-state index >= 15 is 0 Å². The molecule has 0 saturated carbocycles. The van der Waals surface area contributed by atoms with E-state index in [1.165, 1.54) is 17.4 Å². The molecule has 8 heteroatoms. The number of methoxy groups -OCH3 is 1. The Labute approximate surface area is 130 Å². The standard InChI is InChI=1S/C13H14ClN3O3S/c1-20-6-2-5-15-12(18)9-7-8(16-13(19)17-9)10-3-4-11(14)21-10/h3-4,7H,2,5-6H2,1H3,(H,15,18)(H,16,17,19). The smallest absolute Gasteiger partial charge is 0.346 e. The number of nitrogens with one attached hydrogen (secondary N) is 2. The molecule has 0 aromatic carbocycles. The maximum atomic E-state index is 12.0. The van der Waals surface area contributed by atoms with Crippen molar-refractivity contribution in [2.75, 3.05) is 20.3 Å². The minimum atomic E-state index is -0.570. The number of nitrogens with zero attached hydrogens (tertiary/aromatic N) is 1. The second kappa shape index (κ2) is 7.35. The molecule has 2 heterocycles. The Morgan fingerprint density at radius 2 is 2.33 bits per heavy atom. The Balaban J connectivity index is 2.15. The maximum Gasteiger partial charge on any atom is 0.346 e. The van der Waals surface area contributed by atoms with Crippen LogP contribution in [-0.4, -0.2) is 36.1 Å². The zero-order valence-electron chi connectivity index (χ0n) is 11.3. The van der Waals surface area contributed by atoms with E-state index in [4.69, 9.17) is 16.3 Å². The number of halogens is 1. The van der Waals surface area contributed by atoms with Gasteiger partial charge in [0.05, 0.1) is 14.9 Å². The Morgan fingerprint density at radius 1 is 1.52 bits per heavy atom. The van der Waals surface area contributed by atoms with Crippen LogP contribution in [0.3, 0.4) is 0 Å². The summed E-state index contributed by atoms with van der Waals surface area (Å²) in [5, 5.41) is 2.69. The monoisotopic (exact) mass is 327 g/mol. The molecular formula is C13H14ClN3O3S. The minimum Gasteiger partial charge on any atom is -0.385 e. The lowest BCUT2D eigenvalue weighted by Gasteiger charge is -2.05. The number of ether oxygens (including phenoxy) is 1. The summed E-state index contributed by atoms with van der Waals surface area (Å²) in [4.78, 5) is 30.6. The molecule has 21 heavy (non-hydrogen) atoms. The van der Waals surface area contributed by atoms with Crippen LogP contribution in [0.4, 0.5) is 0 Å². The minimum absolute atomic E-state index is 0.0793. The van der Waals surface area contributed by atoms with Gasteiger partial charge in [-0.1, -0.05) is 11.6 Å². The highest BCUT2D eigenvalue weighted by Crippen LogP contribution is 2.29. The average Bonchev–Trinajstić information content (AvgIpc) is 2.89. The van der Waals surface area contributed by atoms with Crippen LogP contribution in [0.25, 0.3) is 10.6 Å². The average molecular weight is 328 g/mol. The van der Waals surface area contributed by atoms with Crippen LogP contribution in [-0.2, 0) is 4.74 Å². The summed E-state index contributed by atoms with van der Waals surface area (Å²) < 4.78 is 5.50. The van der Waals surface area contributed by atoms with Gasteiger partial charge in [-0.2, -0.15) is 4.98 Å². The van der Waals surface area contributed by atoms with Gasteiger partial charge in [-0.25, -0.2) is 4.79 Å². The molecule has 0 spiro atoms. The highest BCUT2D eigenvalue weighted by atomic mass is 35.5. The molecular weight excluding hydrogens is 314 g/mol. The fourth-order valence-electron chi connectivity index (χ4n) is 1.67. The summed E-state index contributed by atoms with van der Waals surface area (Å²) in [6, 6.07) is 5.04. The summed E-state index contributed by atoms with van der Waals surface area (Å²) in [6.07, 6.45) is 0.693. The first-order chi connectivity index (χ1) is 10.1. The summed E-state index contributed by atoms with van der Waals surface area (Å²) in [5.74, 6) is -0.388. The van der Waals surface area contributed by atoms with Crippen molar-refractivity contribution in [1.82, 2.24) is 15.3 Å².